The van der Waals surface area contributed by atoms with Crippen molar-refractivity contribution in [2.24, 2.45) is 0 Å². The second-order valence-electron chi connectivity index (χ2n) is 10.3. The Hall–Kier alpha value is -4.64. The molecular formula is C35H32N2O3. The summed E-state index contributed by atoms with van der Waals surface area (Å²) in [6, 6.07) is 30.3. The van der Waals surface area contributed by atoms with Gasteiger partial charge in [0.2, 0.25) is 0 Å². The fourth-order valence-corrected chi connectivity index (χ4v) is 5.93. The summed E-state index contributed by atoms with van der Waals surface area (Å²) in [7, 11) is 0. The van der Waals surface area contributed by atoms with Crippen LogP contribution < -0.4 is 5.32 Å². The molecule has 5 nitrogen and oxygen atoms in total. The minimum absolute atomic E-state index is 0.0638. The van der Waals surface area contributed by atoms with E-state index in [2.05, 4.69) is 48.0 Å². The van der Waals surface area contributed by atoms with Crippen molar-refractivity contribution in [3.63, 3.8) is 0 Å². The van der Waals surface area contributed by atoms with E-state index in [1.807, 2.05) is 73.7 Å². The Labute approximate surface area is 234 Å². The van der Waals surface area contributed by atoms with Gasteiger partial charge in [-0.2, -0.15) is 0 Å². The predicted molar refractivity (Wildman–Crippen MR) is 160 cm³/mol. The molecule has 5 heteroatoms. The largest absolute Gasteiger partial charge is 0.462 e. The third-order valence-electron chi connectivity index (χ3n) is 7.92. The minimum Gasteiger partial charge on any atom is -0.462 e. The Bertz CT molecular complexity index is 1750. The van der Waals surface area contributed by atoms with E-state index < -0.39 is 0 Å². The predicted octanol–water partition coefficient (Wildman–Crippen LogP) is 7.70. The molecule has 1 atom stereocenters. The first-order valence-corrected chi connectivity index (χ1v) is 13.9. The van der Waals surface area contributed by atoms with E-state index in [9.17, 15) is 9.59 Å². The van der Waals surface area contributed by atoms with E-state index in [1.54, 1.807) is 0 Å². The lowest BCUT2D eigenvalue weighted by atomic mass is 9.91. The number of amides is 1. The van der Waals surface area contributed by atoms with Gasteiger partial charge in [-0.3, -0.25) is 4.79 Å². The van der Waals surface area contributed by atoms with Gasteiger partial charge in [0, 0.05) is 28.6 Å². The highest BCUT2D eigenvalue weighted by molar-refractivity contribution is 6.04. The molecular weight excluding hydrogens is 496 g/mol. The summed E-state index contributed by atoms with van der Waals surface area (Å²) in [6.45, 7) is 6.93. The maximum absolute atomic E-state index is 13.4. The monoisotopic (exact) mass is 528 g/mol. The maximum atomic E-state index is 13.4. The standard InChI is InChI=1S/C35H32N2O3/c1-4-31(23-11-7-6-8-12-23)36-34(38)25-16-18-32-29(20-25)22(3)33-30-19-24(15-17-28(30)35(39)40-5-2)27-14-10-9-13-26(27)21-37(32)33/h6-20,31H,4-5,21H2,1-3H3,(H,36,38). The van der Waals surface area contributed by atoms with Crippen LogP contribution in [-0.4, -0.2) is 23.1 Å². The molecule has 6 rings (SSSR count). The summed E-state index contributed by atoms with van der Waals surface area (Å²) in [5, 5.41) is 4.21. The molecule has 2 bridgehead atoms. The van der Waals surface area contributed by atoms with Gasteiger partial charge in [-0.15, -0.1) is 0 Å². The van der Waals surface area contributed by atoms with Crippen LogP contribution in [0.5, 0.6) is 0 Å². The molecule has 1 aliphatic rings. The van der Waals surface area contributed by atoms with Crippen molar-refractivity contribution in [1.82, 2.24) is 9.88 Å². The summed E-state index contributed by atoms with van der Waals surface area (Å²) in [5.41, 5.74) is 9.54. The van der Waals surface area contributed by atoms with Crippen LogP contribution in [0.15, 0.2) is 91.0 Å². The quantitative estimate of drug-likeness (QED) is 0.225. The molecule has 1 aromatic heterocycles. The second kappa shape index (κ2) is 10.5. The van der Waals surface area contributed by atoms with Crippen molar-refractivity contribution in [3.8, 4) is 22.4 Å². The van der Waals surface area contributed by atoms with Gasteiger partial charge in [0.15, 0.2) is 0 Å². The number of esters is 1. The molecule has 200 valence electrons. The molecule has 0 saturated heterocycles. The molecule has 0 spiro atoms. The molecule has 0 saturated carbocycles. The molecule has 1 unspecified atom stereocenters. The van der Waals surface area contributed by atoms with Crippen LogP contribution in [0, 0.1) is 6.92 Å². The molecule has 4 aromatic carbocycles. The normalized spacial score (nSPS) is 12.6. The summed E-state index contributed by atoms with van der Waals surface area (Å²) in [5.74, 6) is -0.434. The number of nitrogens with zero attached hydrogens (tertiary/aromatic N) is 1. The van der Waals surface area contributed by atoms with Crippen molar-refractivity contribution < 1.29 is 14.3 Å². The first kappa shape index (κ1) is 25.6. The summed E-state index contributed by atoms with van der Waals surface area (Å²) in [6.07, 6.45) is 0.796. The van der Waals surface area contributed by atoms with E-state index >= 15 is 0 Å². The molecule has 1 amide bonds. The molecule has 5 aromatic rings. The number of aryl methyl sites for hydroxylation is 1. The van der Waals surface area contributed by atoms with Gasteiger partial charge in [0.25, 0.3) is 5.91 Å². The number of fused-ring (bicyclic) bond motifs is 8. The van der Waals surface area contributed by atoms with Crippen LogP contribution in [0.3, 0.4) is 0 Å². The number of hydrogen-bond acceptors (Lipinski definition) is 3. The molecule has 0 fully saturated rings. The van der Waals surface area contributed by atoms with Gasteiger partial charge >= 0.3 is 5.97 Å². The summed E-state index contributed by atoms with van der Waals surface area (Å²) >= 11 is 0. The van der Waals surface area contributed by atoms with E-state index in [0.29, 0.717) is 24.3 Å². The van der Waals surface area contributed by atoms with Crippen LogP contribution in [0.4, 0.5) is 0 Å². The lowest BCUT2D eigenvalue weighted by molar-refractivity contribution is 0.0527. The first-order chi connectivity index (χ1) is 19.5. The second-order valence-corrected chi connectivity index (χ2v) is 10.3. The molecule has 1 aliphatic heterocycles. The molecule has 0 radical (unpaired) electrons. The van der Waals surface area contributed by atoms with E-state index in [-0.39, 0.29) is 17.9 Å². The minimum atomic E-state index is -0.333. The van der Waals surface area contributed by atoms with Gasteiger partial charge in [0.05, 0.1) is 23.9 Å². The SMILES string of the molecule is CCOC(=O)c1ccc2cc1-c1c(C)c3cc(C(=O)NC(CC)c4ccccc4)ccc3n1Cc1ccccc1-2. The van der Waals surface area contributed by atoms with Crippen LogP contribution in [-0.2, 0) is 11.3 Å². The highest BCUT2D eigenvalue weighted by Crippen LogP contribution is 2.41. The van der Waals surface area contributed by atoms with E-state index in [4.69, 9.17) is 4.74 Å². The van der Waals surface area contributed by atoms with Crippen LogP contribution in [0.25, 0.3) is 33.3 Å². The number of carbonyl (C=O) groups excluding carboxylic acids is 2. The number of nitrogens with one attached hydrogen (secondary N) is 1. The Morgan fingerprint density at radius 1 is 0.900 bits per heavy atom. The fourth-order valence-electron chi connectivity index (χ4n) is 5.93. The number of rotatable bonds is 6. The molecule has 1 N–H and O–H groups in total. The van der Waals surface area contributed by atoms with Gasteiger partial charge in [0.1, 0.15) is 0 Å². The lowest BCUT2D eigenvalue weighted by Crippen LogP contribution is -2.28. The highest BCUT2D eigenvalue weighted by Gasteiger charge is 2.26. The smallest absolute Gasteiger partial charge is 0.338 e. The fraction of sp³-hybridized carbons (Fsp3) is 0.200. The third kappa shape index (κ3) is 4.37. The zero-order chi connectivity index (χ0) is 27.8. The Morgan fingerprint density at radius 3 is 2.45 bits per heavy atom. The zero-order valence-electron chi connectivity index (χ0n) is 23.0. The average molecular weight is 529 g/mol. The lowest BCUT2D eigenvalue weighted by Gasteiger charge is -2.21. The summed E-state index contributed by atoms with van der Waals surface area (Å²) in [4.78, 5) is 26.5. The van der Waals surface area contributed by atoms with Gasteiger partial charge in [-0.1, -0.05) is 67.6 Å². The average Bonchev–Trinajstić information content (AvgIpc) is 3.25. The van der Waals surface area contributed by atoms with Crippen molar-refractivity contribution in [2.45, 2.75) is 39.8 Å². The van der Waals surface area contributed by atoms with Gasteiger partial charge in [-0.05, 0) is 78.4 Å². The Morgan fingerprint density at radius 2 is 1.68 bits per heavy atom. The van der Waals surface area contributed by atoms with Crippen LogP contribution in [0.1, 0.15) is 63.7 Å². The summed E-state index contributed by atoms with van der Waals surface area (Å²) < 4.78 is 7.71. The number of benzene rings is 4. The highest BCUT2D eigenvalue weighted by atomic mass is 16.5. The van der Waals surface area contributed by atoms with Crippen molar-refractivity contribution >= 4 is 22.8 Å². The van der Waals surface area contributed by atoms with Crippen LogP contribution in [0.2, 0.25) is 0 Å². The van der Waals surface area contributed by atoms with E-state index in [1.165, 1.54) is 5.56 Å². The van der Waals surface area contributed by atoms with Crippen molar-refractivity contribution in [1.29, 1.82) is 0 Å². The Kier molecular flexibility index (Phi) is 6.72. The third-order valence-corrected chi connectivity index (χ3v) is 7.92. The molecule has 0 aliphatic carbocycles. The number of carbonyl (C=O) groups is 2. The van der Waals surface area contributed by atoms with Crippen molar-refractivity contribution in [3.05, 3.63) is 119 Å². The van der Waals surface area contributed by atoms with Gasteiger partial charge < -0.3 is 14.6 Å². The van der Waals surface area contributed by atoms with Gasteiger partial charge in [-0.25, -0.2) is 4.79 Å². The van der Waals surface area contributed by atoms with Crippen LogP contribution >= 0.6 is 0 Å². The topological polar surface area (TPSA) is 60.3 Å². The molecule has 2 heterocycles. The van der Waals surface area contributed by atoms with E-state index in [0.717, 1.165) is 50.8 Å². The molecule has 40 heavy (non-hydrogen) atoms. The first-order valence-electron chi connectivity index (χ1n) is 13.9. The zero-order valence-corrected chi connectivity index (χ0v) is 23.0. The number of ether oxygens (including phenoxy) is 1. The maximum Gasteiger partial charge on any atom is 0.338 e. The number of hydrogen-bond donors (Lipinski definition) is 1. The number of aromatic nitrogens is 1. The Balaban J connectivity index is 1.49. The van der Waals surface area contributed by atoms with Crippen molar-refractivity contribution in [2.75, 3.05) is 6.61 Å².